The van der Waals surface area contributed by atoms with Crippen LogP contribution in [-0.4, -0.2) is 41.6 Å². The molecule has 114 valence electrons. The summed E-state index contributed by atoms with van der Waals surface area (Å²) in [5.41, 5.74) is 0.805. The summed E-state index contributed by atoms with van der Waals surface area (Å²) in [6, 6.07) is 9.89. The smallest absolute Gasteiger partial charge is 0.0898 e. The lowest BCUT2D eigenvalue weighted by atomic mass is 9.94. The molecule has 0 aliphatic heterocycles. The Morgan fingerprint density at radius 1 is 1.20 bits per heavy atom. The van der Waals surface area contributed by atoms with Gasteiger partial charge in [-0.25, -0.2) is 0 Å². The van der Waals surface area contributed by atoms with Gasteiger partial charge in [0.05, 0.1) is 25.9 Å². The summed E-state index contributed by atoms with van der Waals surface area (Å²) in [7, 11) is 0. The minimum atomic E-state index is -0.567. The molecule has 0 bridgehead atoms. The van der Waals surface area contributed by atoms with Crippen molar-refractivity contribution in [3.8, 4) is 0 Å². The van der Waals surface area contributed by atoms with Gasteiger partial charge in [0.1, 0.15) is 0 Å². The van der Waals surface area contributed by atoms with Crippen molar-refractivity contribution in [1.29, 1.82) is 0 Å². The maximum absolute atomic E-state index is 9.91. The summed E-state index contributed by atoms with van der Waals surface area (Å²) in [4.78, 5) is 0. The average molecular weight is 281 g/mol. The molecule has 0 spiro atoms. The largest absolute Gasteiger partial charge is 0.394 e. The third kappa shape index (κ3) is 5.59. The van der Waals surface area contributed by atoms with E-state index in [-0.39, 0.29) is 18.8 Å². The monoisotopic (exact) mass is 281 g/mol. The van der Waals surface area contributed by atoms with E-state index in [1.165, 1.54) is 0 Å². The quantitative estimate of drug-likeness (QED) is 0.611. The molecule has 20 heavy (non-hydrogen) atoms. The summed E-state index contributed by atoms with van der Waals surface area (Å²) >= 11 is 0. The fourth-order valence-corrected chi connectivity index (χ4v) is 2.06. The molecule has 0 amide bonds. The Hall–Kier alpha value is -0.940. The number of hydrogen-bond acceptors (Lipinski definition) is 4. The zero-order chi connectivity index (χ0) is 14.8. The Labute approximate surface area is 121 Å². The molecular formula is C16H27NO3. The predicted molar refractivity (Wildman–Crippen MR) is 80.5 cm³/mol. The molecule has 4 nitrogen and oxygen atoms in total. The van der Waals surface area contributed by atoms with E-state index in [0.29, 0.717) is 13.2 Å². The summed E-state index contributed by atoms with van der Waals surface area (Å²) < 4.78 is 5.50. The minimum Gasteiger partial charge on any atom is -0.394 e. The van der Waals surface area contributed by atoms with Gasteiger partial charge in [-0.05, 0) is 18.4 Å². The first-order valence-electron chi connectivity index (χ1n) is 7.31. The van der Waals surface area contributed by atoms with E-state index in [4.69, 9.17) is 4.74 Å². The average Bonchev–Trinajstić information content (AvgIpc) is 2.50. The van der Waals surface area contributed by atoms with Gasteiger partial charge in [-0.2, -0.15) is 0 Å². The Balaban J connectivity index is 2.25. The van der Waals surface area contributed by atoms with Crippen LogP contribution in [0, 0.1) is 0 Å². The summed E-state index contributed by atoms with van der Waals surface area (Å²) in [5.74, 6) is 0. The second-order valence-electron chi connectivity index (χ2n) is 5.18. The molecule has 0 radical (unpaired) electrons. The standard InChI is InChI=1S/C16H27NO3/c1-3-16(4-2,13-18)17-10-15(19)12-20-11-14-8-6-5-7-9-14/h5-9,15,17-19H,3-4,10-13H2,1-2H3. The van der Waals surface area contributed by atoms with Crippen LogP contribution in [0.3, 0.4) is 0 Å². The number of β-amino-alcohol motifs (C(OH)–C–C–N with tert-alkyl or cyclic N) is 1. The van der Waals surface area contributed by atoms with E-state index in [1.54, 1.807) is 0 Å². The zero-order valence-electron chi connectivity index (χ0n) is 12.5. The van der Waals surface area contributed by atoms with Crippen LogP contribution in [0.1, 0.15) is 32.3 Å². The van der Waals surface area contributed by atoms with Crippen molar-refractivity contribution in [3.63, 3.8) is 0 Å². The first kappa shape index (κ1) is 17.1. The normalized spacial score (nSPS) is 13.4. The third-order valence-electron chi connectivity index (χ3n) is 3.79. The molecule has 0 saturated heterocycles. The van der Waals surface area contributed by atoms with Gasteiger partial charge in [-0.1, -0.05) is 44.2 Å². The van der Waals surface area contributed by atoms with Gasteiger partial charge in [-0.15, -0.1) is 0 Å². The summed E-state index contributed by atoms with van der Waals surface area (Å²) in [6.45, 7) is 5.37. The Morgan fingerprint density at radius 3 is 2.40 bits per heavy atom. The van der Waals surface area contributed by atoms with Crippen molar-refractivity contribution >= 4 is 0 Å². The molecule has 3 N–H and O–H groups in total. The number of hydrogen-bond donors (Lipinski definition) is 3. The van der Waals surface area contributed by atoms with Gasteiger partial charge >= 0.3 is 0 Å². The van der Waals surface area contributed by atoms with Crippen LogP contribution in [0.5, 0.6) is 0 Å². The van der Waals surface area contributed by atoms with Crippen LogP contribution in [0.2, 0.25) is 0 Å². The van der Waals surface area contributed by atoms with Gasteiger partial charge in [0.2, 0.25) is 0 Å². The fraction of sp³-hybridized carbons (Fsp3) is 0.625. The van der Waals surface area contributed by atoms with E-state index < -0.39 is 6.10 Å². The highest BCUT2D eigenvalue weighted by Gasteiger charge is 2.25. The Morgan fingerprint density at radius 2 is 1.85 bits per heavy atom. The maximum atomic E-state index is 9.91. The molecule has 0 heterocycles. The highest BCUT2D eigenvalue weighted by molar-refractivity contribution is 5.13. The molecule has 0 aliphatic rings. The molecule has 0 aromatic heterocycles. The van der Waals surface area contributed by atoms with E-state index in [2.05, 4.69) is 5.32 Å². The molecule has 1 aromatic carbocycles. The first-order chi connectivity index (χ1) is 9.65. The second kappa shape index (κ2) is 9.08. The van der Waals surface area contributed by atoms with Gasteiger partial charge < -0.3 is 20.3 Å². The maximum Gasteiger partial charge on any atom is 0.0898 e. The van der Waals surface area contributed by atoms with Gasteiger partial charge in [0.15, 0.2) is 0 Å². The van der Waals surface area contributed by atoms with Gasteiger partial charge in [0.25, 0.3) is 0 Å². The molecule has 1 unspecified atom stereocenters. The van der Waals surface area contributed by atoms with Crippen molar-refractivity contribution < 1.29 is 14.9 Å². The summed E-state index contributed by atoms with van der Waals surface area (Å²) in [5, 5.41) is 22.6. The zero-order valence-corrected chi connectivity index (χ0v) is 12.5. The molecule has 1 atom stereocenters. The van der Waals surface area contributed by atoms with Crippen molar-refractivity contribution in [2.24, 2.45) is 0 Å². The molecule has 1 aromatic rings. The van der Waals surface area contributed by atoms with Crippen LogP contribution in [-0.2, 0) is 11.3 Å². The van der Waals surface area contributed by atoms with E-state index in [0.717, 1.165) is 18.4 Å². The molecular weight excluding hydrogens is 254 g/mol. The second-order valence-corrected chi connectivity index (χ2v) is 5.18. The third-order valence-corrected chi connectivity index (χ3v) is 3.79. The van der Waals surface area contributed by atoms with Crippen LogP contribution in [0.25, 0.3) is 0 Å². The lowest BCUT2D eigenvalue weighted by molar-refractivity contribution is 0.0211. The molecule has 0 aliphatic carbocycles. The molecule has 0 fully saturated rings. The molecule has 4 heteroatoms. The predicted octanol–water partition coefficient (Wildman–Crippen LogP) is 1.70. The van der Waals surface area contributed by atoms with Crippen molar-refractivity contribution in [1.82, 2.24) is 5.32 Å². The number of ether oxygens (including phenoxy) is 1. The highest BCUT2D eigenvalue weighted by atomic mass is 16.5. The van der Waals surface area contributed by atoms with Crippen LogP contribution < -0.4 is 5.32 Å². The van der Waals surface area contributed by atoms with E-state index in [1.807, 2.05) is 44.2 Å². The van der Waals surface area contributed by atoms with E-state index in [9.17, 15) is 10.2 Å². The Bertz CT molecular complexity index is 344. The van der Waals surface area contributed by atoms with Crippen molar-refractivity contribution in [2.75, 3.05) is 19.8 Å². The SMILES string of the molecule is CCC(CC)(CO)NCC(O)COCc1ccccc1. The van der Waals surface area contributed by atoms with Gasteiger partial charge in [0, 0.05) is 12.1 Å². The lowest BCUT2D eigenvalue weighted by Gasteiger charge is -2.32. The van der Waals surface area contributed by atoms with E-state index >= 15 is 0 Å². The number of rotatable bonds is 10. The van der Waals surface area contributed by atoms with Crippen LogP contribution in [0.4, 0.5) is 0 Å². The number of benzene rings is 1. The fourth-order valence-electron chi connectivity index (χ4n) is 2.06. The van der Waals surface area contributed by atoms with Crippen LogP contribution in [0.15, 0.2) is 30.3 Å². The number of nitrogens with one attached hydrogen (secondary N) is 1. The summed E-state index contributed by atoms with van der Waals surface area (Å²) in [6.07, 6.45) is 1.09. The van der Waals surface area contributed by atoms with Gasteiger partial charge in [-0.3, -0.25) is 0 Å². The Kier molecular flexibility index (Phi) is 7.77. The number of aliphatic hydroxyl groups excluding tert-OH is 2. The number of aliphatic hydroxyl groups is 2. The van der Waals surface area contributed by atoms with Crippen molar-refractivity contribution in [3.05, 3.63) is 35.9 Å². The molecule has 0 saturated carbocycles. The van der Waals surface area contributed by atoms with Crippen molar-refractivity contribution in [2.45, 2.75) is 44.9 Å². The first-order valence-corrected chi connectivity index (χ1v) is 7.31. The van der Waals surface area contributed by atoms with Crippen LogP contribution >= 0.6 is 0 Å². The topological polar surface area (TPSA) is 61.7 Å². The lowest BCUT2D eigenvalue weighted by Crippen LogP contribution is -2.50. The molecule has 1 rings (SSSR count). The highest BCUT2D eigenvalue weighted by Crippen LogP contribution is 2.13. The minimum absolute atomic E-state index is 0.0809.